The maximum absolute atomic E-state index is 13.3. The molecule has 1 saturated heterocycles. The predicted molar refractivity (Wildman–Crippen MR) is 112 cm³/mol. The summed E-state index contributed by atoms with van der Waals surface area (Å²) in [6, 6.07) is 2.48. The van der Waals surface area contributed by atoms with Crippen LogP contribution in [0, 0.1) is 0 Å². The molecule has 0 aliphatic carbocycles. The van der Waals surface area contributed by atoms with Gasteiger partial charge in [0.2, 0.25) is 0 Å². The minimum Gasteiger partial charge on any atom is -0.444 e. The molecule has 2 rings (SSSR count). The van der Waals surface area contributed by atoms with Crippen molar-refractivity contribution >= 4 is 17.9 Å². The van der Waals surface area contributed by atoms with Crippen molar-refractivity contribution in [2.45, 2.75) is 57.7 Å². The van der Waals surface area contributed by atoms with Gasteiger partial charge < -0.3 is 19.6 Å². The molecule has 33 heavy (non-hydrogen) atoms. The molecule has 1 N–H and O–H groups in total. The fraction of sp³-hybridized carbons (Fsp3) is 0.591. The third-order valence-corrected chi connectivity index (χ3v) is 5.10. The van der Waals surface area contributed by atoms with Crippen LogP contribution in [0.5, 0.6) is 0 Å². The Morgan fingerprint density at radius 1 is 1.00 bits per heavy atom. The summed E-state index contributed by atoms with van der Waals surface area (Å²) in [4.78, 5) is 15.7. The van der Waals surface area contributed by atoms with Crippen LogP contribution in [0.1, 0.15) is 45.2 Å². The van der Waals surface area contributed by atoms with Crippen LogP contribution in [0.3, 0.4) is 0 Å². The number of benzene rings is 1. The first-order valence-electron chi connectivity index (χ1n) is 10.4. The Hall–Kier alpha value is -2.43. The maximum Gasteiger partial charge on any atom is 0.430 e. The number of carbonyl (C=O) groups excluding carboxylic acids is 1. The summed E-state index contributed by atoms with van der Waals surface area (Å²) in [5.41, 5.74) is -6.50. The third kappa shape index (κ3) is 5.93. The third-order valence-electron chi connectivity index (χ3n) is 5.10. The molecule has 0 unspecified atom stereocenters. The summed E-state index contributed by atoms with van der Waals surface area (Å²) in [6.45, 7) is 8.17. The SMILES string of the molecule is C/C=C\c1cc(C(O)(C(F)(F)F)C(F)(F)F)ccc1N1CCCN(C(=O)OC(C)(C)C)CC1. The van der Waals surface area contributed by atoms with Gasteiger partial charge in [-0.2, -0.15) is 26.3 Å². The van der Waals surface area contributed by atoms with Crippen molar-refractivity contribution in [2.24, 2.45) is 0 Å². The highest BCUT2D eigenvalue weighted by atomic mass is 19.4. The van der Waals surface area contributed by atoms with E-state index in [1.807, 2.05) is 0 Å². The molecule has 0 spiro atoms. The van der Waals surface area contributed by atoms with Crippen molar-refractivity contribution in [3.63, 3.8) is 0 Å². The predicted octanol–water partition coefficient (Wildman–Crippen LogP) is 5.48. The monoisotopic (exact) mass is 482 g/mol. The lowest BCUT2D eigenvalue weighted by atomic mass is 9.90. The first-order valence-corrected chi connectivity index (χ1v) is 10.4. The minimum atomic E-state index is -5.96. The Labute approximate surface area is 188 Å². The number of hydrogen-bond acceptors (Lipinski definition) is 4. The molecule has 0 atom stereocenters. The van der Waals surface area contributed by atoms with Crippen molar-refractivity contribution in [1.82, 2.24) is 4.90 Å². The zero-order valence-electron chi connectivity index (χ0n) is 18.8. The second-order valence-corrected chi connectivity index (χ2v) is 8.79. The van der Waals surface area contributed by atoms with Crippen molar-refractivity contribution in [2.75, 3.05) is 31.1 Å². The molecule has 1 heterocycles. The van der Waals surface area contributed by atoms with Crippen LogP contribution in [0.15, 0.2) is 24.3 Å². The lowest BCUT2D eigenvalue weighted by molar-refractivity contribution is -0.376. The van der Waals surface area contributed by atoms with Crippen LogP contribution in [0.2, 0.25) is 0 Å². The molecule has 0 radical (unpaired) electrons. The second kappa shape index (κ2) is 9.44. The van der Waals surface area contributed by atoms with Crippen molar-refractivity contribution in [3.05, 3.63) is 35.4 Å². The van der Waals surface area contributed by atoms with E-state index in [2.05, 4.69) is 0 Å². The number of ether oxygens (including phenoxy) is 1. The average Bonchev–Trinajstić information content (AvgIpc) is 2.90. The van der Waals surface area contributed by atoms with Gasteiger partial charge in [0.15, 0.2) is 0 Å². The summed E-state index contributed by atoms with van der Waals surface area (Å²) < 4.78 is 85.2. The van der Waals surface area contributed by atoms with Gasteiger partial charge in [-0.15, -0.1) is 0 Å². The number of nitrogens with zero attached hydrogens (tertiary/aromatic N) is 2. The van der Waals surface area contributed by atoms with Crippen molar-refractivity contribution < 1.29 is 41.0 Å². The normalized spacial score (nSPS) is 16.8. The van der Waals surface area contributed by atoms with E-state index >= 15 is 0 Å². The van der Waals surface area contributed by atoms with E-state index in [1.165, 1.54) is 17.1 Å². The fourth-order valence-electron chi connectivity index (χ4n) is 3.54. The molecular weight excluding hydrogens is 454 g/mol. The first kappa shape index (κ1) is 26.8. The standard InChI is InChI=1S/C22H28F6N2O3/c1-5-7-15-14-16(20(32,21(23,24)25)22(26,27)28)8-9-17(15)29-10-6-11-30(13-12-29)18(31)33-19(2,3)4/h5,7-9,14,32H,6,10-13H2,1-4H3/b7-5-. The Kier molecular flexibility index (Phi) is 7.67. The van der Waals surface area contributed by atoms with Crippen molar-refractivity contribution in [1.29, 1.82) is 0 Å². The van der Waals surface area contributed by atoms with Crippen molar-refractivity contribution in [3.8, 4) is 0 Å². The van der Waals surface area contributed by atoms with E-state index < -0.39 is 35.2 Å². The van der Waals surface area contributed by atoms with Gasteiger partial charge >= 0.3 is 18.4 Å². The number of anilines is 1. The van der Waals surface area contributed by atoms with Gasteiger partial charge in [0.25, 0.3) is 5.60 Å². The number of carbonyl (C=O) groups is 1. The molecule has 1 aromatic carbocycles. The van der Waals surface area contributed by atoms with E-state index in [0.29, 0.717) is 43.9 Å². The smallest absolute Gasteiger partial charge is 0.430 e. The van der Waals surface area contributed by atoms with Gasteiger partial charge in [-0.05, 0) is 51.8 Å². The number of amides is 1. The minimum absolute atomic E-state index is 0.0904. The highest BCUT2D eigenvalue weighted by Gasteiger charge is 2.71. The van der Waals surface area contributed by atoms with Crippen LogP contribution in [-0.2, 0) is 10.3 Å². The molecule has 5 nitrogen and oxygen atoms in total. The Bertz CT molecular complexity index is 860. The van der Waals surface area contributed by atoms with E-state index in [9.17, 15) is 36.2 Å². The van der Waals surface area contributed by atoms with Crippen LogP contribution in [0.25, 0.3) is 6.08 Å². The number of aliphatic hydroxyl groups is 1. The number of hydrogen-bond donors (Lipinski definition) is 1. The molecule has 1 aromatic rings. The highest BCUT2D eigenvalue weighted by molar-refractivity contribution is 5.70. The van der Waals surface area contributed by atoms with Crippen LogP contribution in [-0.4, -0.2) is 60.2 Å². The van der Waals surface area contributed by atoms with Gasteiger partial charge in [0.1, 0.15) is 5.60 Å². The highest BCUT2D eigenvalue weighted by Crippen LogP contribution is 2.50. The Morgan fingerprint density at radius 2 is 1.61 bits per heavy atom. The first-order chi connectivity index (χ1) is 15.0. The molecule has 1 amide bonds. The van der Waals surface area contributed by atoms with E-state index in [4.69, 9.17) is 4.74 Å². The number of allylic oxidation sites excluding steroid dienone is 1. The number of halogens is 6. The van der Waals surface area contributed by atoms with Gasteiger partial charge in [0.05, 0.1) is 0 Å². The van der Waals surface area contributed by atoms with Gasteiger partial charge in [-0.25, -0.2) is 4.79 Å². The maximum atomic E-state index is 13.3. The Morgan fingerprint density at radius 3 is 2.12 bits per heavy atom. The largest absolute Gasteiger partial charge is 0.444 e. The van der Waals surface area contributed by atoms with E-state index in [-0.39, 0.29) is 12.1 Å². The summed E-state index contributed by atoms with van der Waals surface area (Å²) in [5.74, 6) is 0. The second-order valence-electron chi connectivity index (χ2n) is 8.79. The molecule has 11 heteroatoms. The lowest BCUT2D eigenvalue weighted by Gasteiger charge is -2.33. The van der Waals surface area contributed by atoms with Crippen LogP contribution in [0.4, 0.5) is 36.8 Å². The van der Waals surface area contributed by atoms with Crippen LogP contribution < -0.4 is 4.90 Å². The van der Waals surface area contributed by atoms with Gasteiger partial charge in [0, 0.05) is 37.4 Å². The molecular formula is C22H28F6N2O3. The molecule has 1 fully saturated rings. The summed E-state index contributed by atoms with van der Waals surface area (Å²) >= 11 is 0. The molecule has 1 aliphatic heterocycles. The molecule has 0 saturated carbocycles. The van der Waals surface area contributed by atoms with Gasteiger partial charge in [-0.3, -0.25) is 0 Å². The molecule has 186 valence electrons. The van der Waals surface area contributed by atoms with E-state index in [0.717, 1.165) is 6.07 Å². The number of rotatable bonds is 3. The fourth-order valence-corrected chi connectivity index (χ4v) is 3.54. The lowest BCUT2D eigenvalue weighted by Crippen LogP contribution is -2.54. The molecule has 0 aromatic heterocycles. The molecule has 0 bridgehead atoms. The zero-order valence-corrected chi connectivity index (χ0v) is 18.8. The van der Waals surface area contributed by atoms with Gasteiger partial charge in [-0.1, -0.05) is 18.2 Å². The average molecular weight is 482 g/mol. The zero-order chi connectivity index (χ0) is 25.2. The quantitative estimate of drug-likeness (QED) is 0.580. The Balaban J connectivity index is 2.38. The summed E-state index contributed by atoms with van der Waals surface area (Å²) in [6.07, 6.45) is -9.04. The van der Waals surface area contributed by atoms with Crippen LogP contribution >= 0.6 is 0 Å². The topological polar surface area (TPSA) is 53.0 Å². The summed E-state index contributed by atoms with van der Waals surface area (Å²) in [5, 5.41) is 9.74. The summed E-state index contributed by atoms with van der Waals surface area (Å²) in [7, 11) is 0. The molecule has 1 aliphatic rings. The number of alkyl halides is 6. The van der Waals surface area contributed by atoms with E-state index in [1.54, 1.807) is 32.6 Å².